The number of morpholine rings is 1. The number of rotatable bonds is 4. The molecule has 1 fully saturated rings. The summed E-state index contributed by atoms with van der Waals surface area (Å²) in [5, 5.41) is 4.23. The summed E-state index contributed by atoms with van der Waals surface area (Å²) in [6, 6.07) is 0. The molecular formula is C13H22N4O4S. The topological polar surface area (TPSA) is 84.7 Å². The normalized spacial score (nSPS) is 15.9. The fourth-order valence-corrected chi connectivity index (χ4v) is 3.46. The van der Waals surface area contributed by atoms with Crippen LogP contribution in [0.5, 0.6) is 0 Å². The van der Waals surface area contributed by atoms with Crippen LogP contribution in [0.1, 0.15) is 11.4 Å². The number of nitrogens with zero attached hydrogens (tertiary/aromatic N) is 4. The fraction of sp³-hybridized carbons (Fsp3) is 0.692. The lowest BCUT2D eigenvalue weighted by Gasteiger charge is -2.30. The van der Waals surface area contributed by atoms with E-state index < -0.39 is 10.0 Å². The molecule has 0 aromatic carbocycles. The molecule has 1 aromatic rings. The van der Waals surface area contributed by atoms with Crippen molar-refractivity contribution in [1.29, 1.82) is 0 Å². The number of carbonyl (C=O) groups is 1. The molecule has 22 heavy (non-hydrogen) atoms. The van der Waals surface area contributed by atoms with E-state index in [4.69, 9.17) is 4.74 Å². The Bertz CT molecular complexity index is 662. The maximum atomic E-state index is 12.4. The third-order valence-corrected chi connectivity index (χ3v) is 4.88. The van der Waals surface area contributed by atoms with Crippen molar-refractivity contribution < 1.29 is 17.9 Å². The van der Waals surface area contributed by atoms with Crippen LogP contribution in [0, 0.1) is 13.8 Å². The van der Waals surface area contributed by atoms with Crippen LogP contribution in [0.3, 0.4) is 0 Å². The van der Waals surface area contributed by atoms with E-state index in [0.29, 0.717) is 43.4 Å². The molecule has 2 heterocycles. The van der Waals surface area contributed by atoms with E-state index >= 15 is 0 Å². The highest BCUT2D eigenvalue weighted by Crippen LogP contribution is 2.26. The van der Waals surface area contributed by atoms with Gasteiger partial charge in [0.25, 0.3) is 0 Å². The monoisotopic (exact) mass is 330 g/mol. The van der Waals surface area contributed by atoms with E-state index in [9.17, 15) is 13.2 Å². The Hall–Kier alpha value is -1.61. The predicted octanol–water partition coefficient (Wildman–Crippen LogP) is -0.338. The number of sulfonamides is 1. The molecule has 0 N–H and O–H groups in total. The molecule has 0 spiro atoms. The minimum Gasteiger partial charge on any atom is -0.378 e. The van der Waals surface area contributed by atoms with Gasteiger partial charge in [0.2, 0.25) is 15.9 Å². The lowest BCUT2D eigenvalue weighted by Crippen LogP contribution is -2.47. The summed E-state index contributed by atoms with van der Waals surface area (Å²) in [7, 11) is -1.84. The number of carbonyl (C=O) groups excluding carboxylic acids is 1. The van der Waals surface area contributed by atoms with Gasteiger partial charge in [-0.1, -0.05) is 0 Å². The quantitative estimate of drug-likeness (QED) is 0.754. The number of aromatic nitrogens is 2. The van der Waals surface area contributed by atoms with Crippen LogP contribution in [0.25, 0.3) is 0 Å². The summed E-state index contributed by atoms with van der Waals surface area (Å²) in [6.07, 6.45) is 1.10. The summed E-state index contributed by atoms with van der Waals surface area (Å²) < 4.78 is 32.3. The van der Waals surface area contributed by atoms with E-state index in [2.05, 4.69) is 5.10 Å². The van der Waals surface area contributed by atoms with Gasteiger partial charge in [-0.2, -0.15) is 5.10 Å². The molecule has 0 saturated carbocycles. The van der Waals surface area contributed by atoms with Crippen molar-refractivity contribution in [2.75, 3.05) is 43.4 Å². The summed E-state index contributed by atoms with van der Waals surface area (Å²) >= 11 is 0. The lowest BCUT2D eigenvalue weighted by molar-refractivity contribution is -0.133. The van der Waals surface area contributed by atoms with Crippen LogP contribution in [-0.4, -0.2) is 68.1 Å². The first-order valence-corrected chi connectivity index (χ1v) is 8.90. The van der Waals surface area contributed by atoms with Crippen LogP contribution >= 0.6 is 0 Å². The molecule has 0 atom stereocenters. The van der Waals surface area contributed by atoms with E-state index in [1.807, 2.05) is 0 Å². The van der Waals surface area contributed by atoms with Crippen LogP contribution in [0.2, 0.25) is 0 Å². The van der Waals surface area contributed by atoms with Gasteiger partial charge >= 0.3 is 0 Å². The number of aryl methyl sites for hydroxylation is 2. The van der Waals surface area contributed by atoms with Gasteiger partial charge in [-0.05, 0) is 13.8 Å². The van der Waals surface area contributed by atoms with Gasteiger partial charge in [-0.25, -0.2) is 8.42 Å². The fourth-order valence-electron chi connectivity index (χ4n) is 2.52. The first-order chi connectivity index (χ1) is 10.2. The maximum absolute atomic E-state index is 12.4. The minimum atomic E-state index is -3.58. The number of amides is 1. The Kier molecular flexibility index (Phi) is 4.76. The molecule has 0 aliphatic carbocycles. The van der Waals surface area contributed by atoms with Crippen molar-refractivity contribution in [3.8, 4) is 0 Å². The smallest absolute Gasteiger partial charge is 0.243 e. The third kappa shape index (κ3) is 3.41. The van der Waals surface area contributed by atoms with Gasteiger partial charge in [0.1, 0.15) is 6.54 Å². The molecule has 1 aromatic heterocycles. The van der Waals surface area contributed by atoms with Gasteiger partial charge in [-0.3, -0.25) is 13.8 Å². The Morgan fingerprint density at radius 2 is 1.91 bits per heavy atom. The zero-order valence-electron chi connectivity index (χ0n) is 13.4. The summed E-state index contributed by atoms with van der Waals surface area (Å²) in [4.78, 5) is 14.0. The van der Waals surface area contributed by atoms with Crippen molar-refractivity contribution >= 4 is 21.6 Å². The second-order valence-electron chi connectivity index (χ2n) is 5.41. The number of ether oxygens (including phenoxy) is 1. The zero-order valence-corrected chi connectivity index (χ0v) is 14.2. The third-order valence-electron chi connectivity index (χ3n) is 3.76. The van der Waals surface area contributed by atoms with E-state index in [0.717, 1.165) is 10.6 Å². The average Bonchev–Trinajstić information content (AvgIpc) is 2.69. The molecule has 1 saturated heterocycles. The molecule has 1 aliphatic rings. The molecule has 0 bridgehead atoms. The van der Waals surface area contributed by atoms with Crippen LogP contribution in [-0.2, 0) is 26.6 Å². The van der Waals surface area contributed by atoms with Crippen molar-refractivity contribution in [3.63, 3.8) is 0 Å². The SMILES string of the molecule is Cc1nn(C)c(C)c1N(CC(=O)N1CCOCC1)S(C)(=O)=O. The van der Waals surface area contributed by atoms with Gasteiger partial charge in [0.05, 0.1) is 36.5 Å². The van der Waals surface area contributed by atoms with Crippen molar-refractivity contribution in [3.05, 3.63) is 11.4 Å². The first kappa shape index (κ1) is 16.8. The molecule has 124 valence electrons. The molecule has 8 nitrogen and oxygen atoms in total. The second-order valence-corrected chi connectivity index (χ2v) is 7.31. The molecule has 2 rings (SSSR count). The molecule has 0 radical (unpaired) electrons. The van der Waals surface area contributed by atoms with Crippen molar-refractivity contribution in [2.24, 2.45) is 7.05 Å². The average molecular weight is 330 g/mol. The standard InChI is InChI=1S/C13H22N4O4S/c1-10-13(11(2)15(3)14-10)17(22(4,19)20)9-12(18)16-5-7-21-8-6-16/h5-9H2,1-4H3. The van der Waals surface area contributed by atoms with Crippen LogP contribution < -0.4 is 4.31 Å². The van der Waals surface area contributed by atoms with E-state index in [1.165, 1.54) is 0 Å². The highest BCUT2D eigenvalue weighted by molar-refractivity contribution is 7.92. The number of hydrogen-bond donors (Lipinski definition) is 0. The first-order valence-electron chi connectivity index (χ1n) is 7.05. The Labute approximate surface area is 130 Å². The maximum Gasteiger partial charge on any atom is 0.243 e. The highest BCUT2D eigenvalue weighted by Gasteiger charge is 2.29. The largest absolute Gasteiger partial charge is 0.378 e. The Balaban J connectivity index is 2.30. The lowest BCUT2D eigenvalue weighted by atomic mass is 10.3. The van der Waals surface area contributed by atoms with Gasteiger partial charge in [0.15, 0.2) is 0 Å². The summed E-state index contributed by atoms with van der Waals surface area (Å²) in [5.41, 5.74) is 1.77. The van der Waals surface area contributed by atoms with Gasteiger partial charge in [0, 0.05) is 20.1 Å². The van der Waals surface area contributed by atoms with E-state index in [1.54, 1.807) is 30.5 Å². The minimum absolute atomic E-state index is 0.216. The molecule has 1 aliphatic heterocycles. The van der Waals surface area contributed by atoms with Crippen molar-refractivity contribution in [1.82, 2.24) is 14.7 Å². The second kappa shape index (κ2) is 6.25. The van der Waals surface area contributed by atoms with Gasteiger partial charge in [-0.15, -0.1) is 0 Å². The molecular weight excluding hydrogens is 308 g/mol. The number of hydrogen-bond acceptors (Lipinski definition) is 5. The predicted molar refractivity (Wildman–Crippen MR) is 82.3 cm³/mol. The van der Waals surface area contributed by atoms with Crippen LogP contribution in [0.4, 0.5) is 5.69 Å². The molecule has 9 heteroatoms. The molecule has 0 unspecified atom stereocenters. The van der Waals surface area contributed by atoms with Gasteiger partial charge < -0.3 is 9.64 Å². The molecule has 1 amide bonds. The van der Waals surface area contributed by atoms with Crippen molar-refractivity contribution in [2.45, 2.75) is 13.8 Å². The Morgan fingerprint density at radius 1 is 1.32 bits per heavy atom. The van der Waals surface area contributed by atoms with E-state index in [-0.39, 0.29) is 12.5 Å². The van der Waals surface area contributed by atoms with Crippen LogP contribution in [0.15, 0.2) is 0 Å². The highest BCUT2D eigenvalue weighted by atomic mass is 32.2. The summed E-state index contributed by atoms with van der Waals surface area (Å²) in [6.45, 7) is 5.24. The zero-order chi connectivity index (χ0) is 16.5. The number of anilines is 1. The Morgan fingerprint density at radius 3 is 2.36 bits per heavy atom. The summed E-state index contributed by atoms with van der Waals surface area (Å²) in [5.74, 6) is -0.226.